The minimum atomic E-state index is 1.35. The lowest BCUT2D eigenvalue weighted by atomic mass is 10.3. The van der Waals surface area contributed by atoms with Crippen LogP contribution in [0.3, 0.4) is 0 Å². The predicted octanol–water partition coefficient (Wildman–Crippen LogP) is 2.43. The van der Waals surface area contributed by atoms with Gasteiger partial charge in [0.25, 0.3) is 0 Å². The summed E-state index contributed by atoms with van der Waals surface area (Å²) in [5, 5.41) is 0. The van der Waals surface area contributed by atoms with E-state index in [0.29, 0.717) is 0 Å². The minimum Gasteiger partial charge on any atom is -0.377 e. The zero-order chi connectivity index (χ0) is 7.72. The van der Waals surface area contributed by atoms with E-state index < -0.39 is 0 Å². The zero-order valence-electron chi connectivity index (χ0n) is 6.93. The van der Waals surface area contributed by atoms with Crippen molar-refractivity contribution < 1.29 is 0 Å². The Morgan fingerprint density at radius 1 is 1.30 bits per heavy atom. The third-order valence-corrected chi connectivity index (χ3v) is 2.45. The maximum absolute atomic E-state index is 2.22. The van der Waals surface area contributed by atoms with Crippen LogP contribution in [0.2, 0.25) is 0 Å². The van der Waals surface area contributed by atoms with Gasteiger partial charge < -0.3 is 4.90 Å². The van der Waals surface area contributed by atoms with E-state index in [1.165, 1.54) is 15.4 Å². The van der Waals surface area contributed by atoms with Crippen molar-refractivity contribution in [1.29, 1.82) is 0 Å². The Morgan fingerprint density at radius 2 is 1.90 bits per heavy atom. The Morgan fingerprint density at radius 3 is 2.10 bits per heavy atom. The molecule has 0 saturated heterocycles. The molecule has 1 aromatic heterocycles. The van der Waals surface area contributed by atoms with Gasteiger partial charge in [0.05, 0.1) is 5.69 Å². The Kier molecular flexibility index (Phi) is 2.00. The first-order valence-electron chi connectivity index (χ1n) is 3.35. The van der Waals surface area contributed by atoms with Gasteiger partial charge in [-0.1, -0.05) is 0 Å². The quantitative estimate of drug-likeness (QED) is 0.602. The average Bonchev–Trinajstić information content (AvgIpc) is 2.10. The first kappa shape index (κ1) is 7.61. The number of anilines is 1. The average molecular weight is 155 g/mol. The fourth-order valence-corrected chi connectivity index (χ4v) is 2.06. The van der Waals surface area contributed by atoms with Gasteiger partial charge in [-0.3, -0.25) is 0 Å². The van der Waals surface area contributed by atoms with Gasteiger partial charge in [0, 0.05) is 23.8 Å². The zero-order valence-corrected chi connectivity index (χ0v) is 7.75. The molecular weight excluding hydrogens is 142 g/mol. The van der Waals surface area contributed by atoms with Crippen molar-refractivity contribution in [3.63, 3.8) is 0 Å². The van der Waals surface area contributed by atoms with Crippen LogP contribution >= 0.6 is 11.3 Å². The summed E-state index contributed by atoms with van der Waals surface area (Å²) in [6.07, 6.45) is 0. The molecule has 2 heteroatoms. The van der Waals surface area contributed by atoms with E-state index in [9.17, 15) is 0 Å². The van der Waals surface area contributed by atoms with E-state index in [4.69, 9.17) is 0 Å². The van der Waals surface area contributed by atoms with Crippen molar-refractivity contribution in [2.45, 2.75) is 13.8 Å². The van der Waals surface area contributed by atoms with Gasteiger partial charge in [-0.15, -0.1) is 11.3 Å². The second kappa shape index (κ2) is 2.62. The van der Waals surface area contributed by atoms with Crippen molar-refractivity contribution in [2.24, 2.45) is 0 Å². The van der Waals surface area contributed by atoms with Crippen molar-refractivity contribution in [2.75, 3.05) is 19.0 Å². The third kappa shape index (κ3) is 1.32. The minimum absolute atomic E-state index is 1.35. The van der Waals surface area contributed by atoms with Gasteiger partial charge in [0.2, 0.25) is 0 Å². The molecule has 0 saturated carbocycles. The van der Waals surface area contributed by atoms with Gasteiger partial charge in [-0.05, 0) is 19.9 Å². The van der Waals surface area contributed by atoms with Crippen molar-refractivity contribution in [1.82, 2.24) is 0 Å². The molecule has 0 aliphatic heterocycles. The smallest absolute Gasteiger partial charge is 0.0502 e. The lowest BCUT2D eigenvalue weighted by Gasteiger charge is -2.10. The van der Waals surface area contributed by atoms with E-state index in [1.807, 2.05) is 11.3 Å². The van der Waals surface area contributed by atoms with Crippen LogP contribution < -0.4 is 4.90 Å². The first-order valence-corrected chi connectivity index (χ1v) is 4.17. The largest absolute Gasteiger partial charge is 0.377 e. The molecule has 0 fully saturated rings. The molecule has 1 heterocycles. The molecule has 1 nitrogen and oxygen atoms in total. The highest BCUT2D eigenvalue weighted by Crippen LogP contribution is 2.26. The molecule has 0 unspecified atom stereocenters. The molecule has 10 heavy (non-hydrogen) atoms. The summed E-state index contributed by atoms with van der Waals surface area (Å²) in [5.41, 5.74) is 1.35. The summed E-state index contributed by atoms with van der Waals surface area (Å²) in [5.74, 6) is 0. The number of rotatable bonds is 1. The van der Waals surface area contributed by atoms with Crippen LogP contribution in [0.25, 0.3) is 0 Å². The van der Waals surface area contributed by atoms with E-state index in [0.717, 1.165) is 0 Å². The Bertz CT molecular complexity index is 225. The summed E-state index contributed by atoms with van der Waals surface area (Å²) >= 11 is 1.86. The van der Waals surface area contributed by atoms with Gasteiger partial charge >= 0.3 is 0 Å². The van der Waals surface area contributed by atoms with Crippen molar-refractivity contribution >= 4 is 17.0 Å². The summed E-state index contributed by atoms with van der Waals surface area (Å²) in [6, 6.07) is 2.22. The molecular formula is C8H13NS. The van der Waals surface area contributed by atoms with Gasteiger partial charge in [0.1, 0.15) is 0 Å². The van der Waals surface area contributed by atoms with Crippen LogP contribution in [0.4, 0.5) is 5.69 Å². The fraction of sp³-hybridized carbons (Fsp3) is 0.500. The lowest BCUT2D eigenvalue weighted by molar-refractivity contribution is 1.13. The number of thiophene rings is 1. The molecule has 0 amide bonds. The molecule has 0 aromatic carbocycles. The summed E-state index contributed by atoms with van der Waals surface area (Å²) in [6.45, 7) is 4.30. The van der Waals surface area contributed by atoms with E-state index in [2.05, 4.69) is 38.9 Å². The highest BCUT2D eigenvalue weighted by atomic mass is 32.1. The molecule has 0 bridgehead atoms. The van der Waals surface area contributed by atoms with Crippen LogP contribution in [0.15, 0.2) is 6.07 Å². The fourth-order valence-electron chi connectivity index (χ4n) is 1.06. The molecule has 0 N–H and O–H groups in total. The Balaban J connectivity index is 3.03. The van der Waals surface area contributed by atoms with E-state index >= 15 is 0 Å². The lowest BCUT2D eigenvalue weighted by Crippen LogP contribution is -2.08. The summed E-state index contributed by atoms with van der Waals surface area (Å²) < 4.78 is 0. The van der Waals surface area contributed by atoms with Crippen molar-refractivity contribution in [3.05, 3.63) is 15.8 Å². The molecule has 1 rings (SSSR count). The first-order chi connectivity index (χ1) is 4.61. The van der Waals surface area contributed by atoms with Crippen molar-refractivity contribution in [3.8, 4) is 0 Å². The summed E-state index contributed by atoms with van der Waals surface area (Å²) in [4.78, 5) is 4.95. The van der Waals surface area contributed by atoms with Crippen LogP contribution in [-0.2, 0) is 0 Å². The van der Waals surface area contributed by atoms with E-state index in [-0.39, 0.29) is 0 Å². The topological polar surface area (TPSA) is 3.24 Å². The molecule has 56 valence electrons. The highest BCUT2D eigenvalue weighted by molar-refractivity contribution is 7.12. The monoisotopic (exact) mass is 155 g/mol. The molecule has 0 spiro atoms. The SMILES string of the molecule is Cc1cc(N(C)C)c(C)s1. The van der Waals surface area contributed by atoms with E-state index in [1.54, 1.807) is 0 Å². The number of aryl methyl sites for hydroxylation is 2. The maximum atomic E-state index is 2.22. The third-order valence-electron chi connectivity index (χ3n) is 1.50. The molecule has 0 atom stereocenters. The van der Waals surface area contributed by atoms with Gasteiger partial charge in [-0.2, -0.15) is 0 Å². The second-order valence-corrected chi connectivity index (χ2v) is 4.15. The predicted molar refractivity (Wildman–Crippen MR) is 48.1 cm³/mol. The molecule has 0 radical (unpaired) electrons. The van der Waals surface area contributed by atoms with Crippen LogP contribution in [0.5, 0.6) is 0 Å². The molecule has 1 aromatic rings. The van der Waals surface area contributed by atoms with Gasteiger partial charge in [-0.25, -0.2) is 0 Å². The number of hydrogen-bond acceptors (Lipinski definition) is 2. The maximum Gasteiger partial charge on any atom is 0.0502 e. The van der Waals surface area contributed by atoms with Gasteiger partial charge in [0.15, 0.2) is 0 Å². The van der Waals surface area contributed by atoms with Crippen LogP contribution in [0, 0.1) is 13.8 Å². The molecule has 0 aliphatic carbocycles. The number of nitrogens with zero attached hydrogens (tertiary/aromatic N) is 1. The normalized spacial score (nSPS) is 10.0. The van der Waals surface area contributed by atoms with Crippen LogP contribution in [-0.4, -0.2) is 14.1 Å². The number of hydrogen-bond donors (Lipinski definition) is 0. The standard InChI is InChI=1S/C8H13NS/c1-6-5-8(9(3)4)7(2)10-6/h5H,1-4H3. The Labute approximate surface area is 66.3 Å². The second-order valence-electron chi connectivity index (χ2n) is 2.69. The van der Waals surface area contributed by atoms with Crippen LogP contribution in [0.1, 0.15) is 9.75 Å². The molecule has 0 aliphatic rings. The summed E-state index contributed by atoms with van der Waals surface area (Å²) in [7, 11) is 4.16. The Hall–Kier alpha value is -0.500. The highest BCUT2D eigenvalue weighted by Gasteiger charge is 2.02.